The summed E-state index contributed by atoms with van der Waals surface area (Å²) in [5.41, 5.74) is 2.62. The van der Waals surface area contributed by atoms with Crippen LogP contribution in [-0.4, -0.2) is 19.9 Å². The molecule has 0 amide bonds. The van der Waals surface area contributed by atoms with E-state index in [9.17, 15) is 4.79 Å². The minimum Gasteiger partial charge on any atom is -0.298 e. The van der Waals surface area contributed by atoms with Crippen LogP contribution in [0.2, 0.25) is 0 Å². The van der Waals surface area contributed by atoms with E-state index in [1.165, 1.54) is 22.7 Å². The van der Waals surface area contributed by atoms with E-state index in [0.29, 0.717) is 33.1 Å². The zero-order chi connectivity index (χ0) is 25.3. The lowest BCUT2D eigenvalue weighted by molar-refractivity contribution is 0.852. The van der Waals surface area contributed by atoms with Gasteiger partial charge in [0.25, 0.3) is 0 Å². The molecule has 2 N–H and O–H groups in total. The summed E-state index contributed by atoms with van der Waals surface area (Å²) in [6.45, 7) is 8.29. The lowest BCUT2D eigenvalue weighted by Crippen LogP contribution is -2.28. The number of hydrogen-bond acceptors (Lipinski definition) is 9. The Labute approximate surface area is 213 Å². The van der Waals surface area contributed by atoms with Crippen molar-refractivity contribution >= 4 is 55.5 Å². The van der Waals surface area contributed by atoms with Crippen LogP contribution in [0.1, 0.15) is 49.5 Å². The van der Waals surface area contributed by atoms with Gasteiger partial charge in [-0.25, -0.2) is 19.9 Å². The maximum Gasteiger partial charge on any atom is 0.214 e. The molecule has 6 aromatic rings. The van der Waals surface area contributed by atoms with Gasteiger partial charge in [-0.2, -0.15) is 0 Å². The molecule has 0 aliphatic carbocycles. The Bertz CT molecular complexity index is 1980. The summed E-state index contributed by atoms with van der Waals surface area (Å²) in [6, 6.07) is 7.38. The van der Waals surface area contributed by atoms with E-state index in [1.54, 1.807) is 18.5 Å². The number of thiazole rings is 2. The second-order valence-electron chi connectivity index (χ2n) is 9.43. The fourth-order valence-corrected chi connectivity index (χ4v) is 6.40. The van der Waals surface area contributed by atoms with Crippen LogP contribution >= 0.6 is 22.7 Å². The molecule has 0 spiro atoms. The SMILES string of the molecule is CC(C)c1ncc(-c2c(=N)c(=N)c(-c3cnc(C(C)C)s3)c3nc4c(nc23)c(=O)c2ccccc24)s1. The Balaban J connectivity index is 1.80. The molecule has 6 rings (SSSR count). The summed E-state index contributed by atoms with van der Waals surface area (Å²) in [7, 11) is 0. The molecule has 0 aliphatic heterocycles. The summed E-state index contributed by atoms with van der Waals surface area (Å²) in [5, 5.41) is 21.4. The standard InChI is InChI=1S/C27H22N6OS2/c1-11(2)26-30-9-15(35-26)17-19(28)20(29)18(16-10-31-27(36-16)12(3)4)23-22(17)32-21-13-7-5-6-8-14(13)25(34)24(21)33-23/h5-12,28-29H,1-4H3. The molecule has 0 radical (unpaired) electrons. The number of nitrogens with one attached hydrogen (secondary N) is 2. The van der Waals surface area contributed by atoms with E-state index >= 15 is 0 Å². The Morgan fingerprint density at radius 2 is 1.17 bits per heavy atom. The highest BCUT2D eigenvalue weighted by Gasteiger charge is 2.24. The molecule has 36 heavy (non-hydrogen) atoms. The highest BCUT2D eigenvalue weighted by atomic mass is 32.1. The Morgan fingerprint density at radius 3 is 1.64 bits per heavy atom. The van der Waals surface area contributed by atoms with Crippen LogP contribution in [0.15, 0.2) is 41.5 Å². The number of aromatic nitrogens is 4. The van der Waals surface area contributed by atoms with Crippen molar-refractivity contribution in [1.29, 1.82) is 10.8 Å². The van der Waals surface area contributed by atoms with Gasteiger partial charge in [0, 0.05) is 46.1 Å². The number of hydrogen-bond donors (Lipinski definition) is 2. The molecule has 0 unspecified atom stereocenters. The van der Waals surface area contributed by atoms with Gasteiger partial charge in [0.2, 0.25) is 5.43 Å². The van der Waals surface area contributed by atoms with Crippen LogP contribution in [-0.2, 0) is 0 Å². The van der Waals surface area contributed by atoms with Crippen molar-refractivity contribution in [3.05, 3.63) is 67.6 Å². The maximum atomic E-state index is 13.3. The first-order chi connectivity index (χ1) is 17.3. The molecular weight excluding hydrogens is 488 g/mol. The summed E-state index contributed by atoms with van der Waals surface area (Å²) >= 11 is 2.99. The normalized spacial score (nSPS) is 12.2. The third-order valence-corrected chi connectivity index (χ3v) is 8.92. The van der Waals surface area contributed by atoms with Gasteiger partial charge in [0.15, 0.2) is 0 Å². The van der Waals surface area contributed by atoms with Crippen molar-refractivity contribution in [1.82, 2.24) is 19.9 Å². The molecule has 0 saturated carbocycles. The van der Waals surface area contributed by atoms with Crippen LogP contribution in [0.5, 0.6) is 0 Å². The summed E-state index contributed by atoms with van der Waals surface area (Å²) in [4.78, 5) is 33.7. The first kappa shape index (κ1) is 22.8. The first-order valence-electron chi connectivity index (χ1n) is 11.7. The second kappa shape index (κ2) is 8.18. The predicted molar refractivity (Wildman–Crippen MR) is 145 cm³/mol. The number of rotatable bonds is 4. The van der Waals surface area contributed by atoms with Crippen LogP contribution < -0.4 is 16.1 Å². The van der Waals surface area contributed by atoms with Crippen LogP contribution in [0.25, 0.3) is 53.7 Å². The molecule has 9 heteroatoms. The van der Waals surface area contributed by atoms with Gasteiger partial charge in [-0.1, -0.05) is 52.0 Å². The lowest BCUT2D eigenvalue weighted by Gasteiger charge is -2.09. The summed E-state index contributed by atoms with van der Waals surface area (Å²) in [5.74, 6) is 0.474. The van der Waals surface area contributed by atoms with Gasteiger partial charge in [-0.15, -0.1) is 22.7 Å². The van der Waals surface area contributed by atoms with Crippen LogP contribution in [0.3, 0.4) is 0 Å². The number of nitrogens with zero attached hydrogens (tertiary/aromatic N) is 4. The molecule has 0 saturated heterocycles. The van der Waals surface area contributed by atoms with Crippen molar-refractivity contribution in [2.24, 2.45) is 0 Å². The van der Waals surface area contributed by atoms with E-state index in [-0.39, 0.29) is 33.5 Å². The van der Waals surface area contributed by atoms with Crippen molar-refractivity contribution in [2.75, 3.05) is 0 Å². The van der Waals surface area contributed by atoms with Gasteiger partial charge in [-0.3, -0.25) is 15.6 Å². The molecule has 178 valence electrons. The Kier molecular flexibility index (Phi) is 5.17. The van der Waals surface area contributed by atoms with E-state index in [4.69, 9.17) is 20.8 Å². The molecule has 0 aliphatic rings. The van der Waals surface area contributed by atoms with Gasteiger partial charge < -0.3 is 0 Å². The Hall–Kier alpha value is -3.69. The summed E-state index contributed by atoms with van der Waals surface area (Å²) < 4.78 is 0. The smallest absolute Gasteiger partial charge is 0.214 e. The van der Waals surface area contributed by atoms with E-state index < -0.39 is 0 Å². The average Bonchev–Trinajstić information content (AvgIpc) is 3.59. The third kappa shape index (κ3) is 3.26. The molecule has 0 bridgehead atoms. The molecular formula is C27H22N6OS2. The second-order valence-corrected chi connectivity index (χ2v) is 11.6. The molecule has 0 atom stereocenters. The van der Waals surface area contributed by atoms with Gasteiger partial charge in [0.05, 0.1) is 30.5 Å². The van der Waals surface area contributed by atoms with Crippen molar-refractivity contribution in [3.8, 4) is 20.9 Å². The van der Waals surface area contributed by atoms with Crippen LogP contribution in [0, 0.1) is 10.8 Å². The summed E-state index contributed by atoms with van der Waals surface area (Å²) in [6.07, 6.45) is 3.49. The Morgan fingerprint density at radius 1 is 0.694 bits per heavy atom. The van der Waals surface area contributed by atoms with Crippen molar-refractivity contribution in [2.45, 2.75) is 39.5 Å². The molecule has 3 aromatic carbocycles. The zero-order valence-electron chi connectivity index (χ0n) is 20.1. The maximum absolute atomic E-state index is 13.3. The topological polar surface area (TPSA) is 116 Å². The number of benzene rings is 2. The predicted octanol–water partition coefficient (Wildman–Crippen LogP) is 5.62. The fourth-order valence-electron chi connectivity index (χ4n) is 4.45. The highest BCUT2D eigenvalue weighted by Crippen LogP contribution is 2.37. The molecule has 3 heterocycles. The number of fused-ring (bicyclic) bond motifs is 4. The monoisotopic (exact) mass is 510 g/mol. The lowest BCUT2D eigenvalue weighted by atomic mass is 10.0. The molecule has 7 nitrogen and oxygen atoms in total. The quantitative estimate of drug-likeness (QED) is 0.319. The zero-order valence-corrected chi connectivity index (χ0v) is 21.8. The first-order valence-corrected chi connectivity index (χ1v) is 13.3. The van der Waals surface area contributed by atoms with Gasteiger partial charge in [-0.05, 0) is 0 Å². The molecule has 3 aromatic heterocycles. The van der Waals surface area contributed by atoms with Crippen molar-refractivity contribution < 1.29 is 0 Å². The van der Waals surface area contributed by atoms with E-state index in [0.717, 1.165) is 25.2 Å². The van der Waals surface area contributed by atoms with Gasteiger partial charge >= 0.3 is 0 Å². The van der Waals surface area contributed by atoms with E-state index in [1.807, 2.05) is 18.2 Å². The fraction of sp³-hybridized carbons (Fsp3) is 0.222. The van der Waals surface area contributed by atoms with E-state index in [2.05, 4.69) is 37.7 Å². The minimum atomic E-state index is -0.170. The molecule has 0 fully saturated rings. The average molecular weight is 511 g/mol. The highest BCUT2D eigenvalue weighted by molar-refractivity contribution is 7.15. The van der Waals surface area contributed by atoms with Crippen molar-refractivity contribution in [3.63, 3.8) is 0 Å². The van der Waals surface area contributed by atoms with Crippen LogP contribution in [0.4, 0.5) is 0 Å². The van der Waals surface area contributed by atoms with Gasteiger partial charge in [0.1, 0.15) is 22.1 Å². The minimum absolute atomic E-state index is 0.0492. The third-order valence-electron chi connectivity index (χ3n) is 6.29. The largest absolute Gasteiger partial charge is 0.298 e.